The number of benzene rings is 1. The normalized spacial score (nSPS) is 15.1. The van der Waals surface area contributed by atoms with Crippen molar-refractivity contribution < 1.29 is 4.79 Å². The molecule has 152 valence electrons. The predicted molar refractivity (Wildman–Crippen MR) is 115 cm³/mol. The molecule has 0 unspecified atom stereocenters. The summed E-state index contributed by atoms with van der Waals surface area (Å²) in [7, 11) is 0. The van der Waals surface area contributed by atoms with Crippen molar-refractivity contribution in [2.45, 2.75) is 27.3 Å². The fraction of sp³-hybridized carbons (Fsp3) is 0.409. The lowest BCUT2D eigenvalue weighted by molar-refractivity contribution is 0.144. The third-order valence-corrected chi connectivity index (χ3v) is 5.71. The van der Waals surface area contributed by atoms with Crippen LogP contribution in [0, 0.1) is 20.8 Å². The minimum Gasteiger partial charge on any atom is -0.322 e. The van der Waals surface area contributed by atoms with Crippen molar-refractivity contribution in [3.05, 3.63) is 53.5 Å². The van der Waals surface area contributed by atoms with Gasteiger partial charge in [0.05, 0.1) is 0 Å². The molecule has 29 heavy (non-hydrogen) atoms. The van der Waals surface area contributed by atoms with E-state index >= 15 is 0 Å². The number of amides is 2. The molecule has 2 aromatic heterocycles. The quantitative estimate of drug-likeness (QED) is 0.740. The van der Waals surface area contributed by atoms with Crippen LogP contribution in [-0.2, 0) is 6.54 Å². The fourth-order valence-corrected chi connectivity index (χ4v) is 3.95. The molecule has 0 saturated carbocycles. The zero-order chi connectivity index (χ0) is 20.4. The second-order valence-electron chi connectivity index (χ2n) is 7.68. The highest BCUT2D eigenvalue weighted by Crippen LogP contribution is 2.20. The number of piperazine rings is 1. The van der Waals surface area contributed by atoms with Crippen LogP contribution in [0.1, 0.15) is 17.0 Å². The van der Waals surface area contributed by atoms with E-state index in [-0.39, 0.29) is 6.03 Å². The van der Waals surface area contributed by atoms with Crippen LogP contribution in [0.4, 0.5) is 10.5 Å². The van der Waals surface area contributed by atoms with Gasteiger partial charge < -0.3 is 14.8 Å². The first-order valence-corrected chi connectivity index (χ1v) is 10.2. The monoisotopic (exact) mass is 392 g/mol. The molecule has 0 aliphatic carbocycles. The molecule has 2 amide bonds. The van der Waals surface area contributed by atoms with Crippen LogP contribution in [0.25, 0.3) is 11.2 Å². The van der Waals surface area contributed by atoms with Crippen LogP contribution in [0.5, 0.6) is 0 Å². The van der Waals surface area contributed by atoms with Crippen molar-refractivity contribution in [3.63, 3.8) is 0 Å². The van der Waals surface area contributed by atoms with E-state index in [1.807, 2.05) is 62.2 Å². The SMILES string of the molecule is Cc1cccc(C)c1NC(=O)N1CCN(CCn2c(C)nc3cccnc32)CC1. The molecule has 0 atom stereocenters. The van der Waals surface area contributed by atoms with E-state index in [9.17, 15) is 4.79 Å². The Morgan fingerprint density at radius 3 is 2.45 bits per heavy atom. The summed E-state index contributed by atoms with van der Waals surface area (Å²) in [5.74, 6) is 0.991. The van der Waals surface area contributed by atoms with Crippen molar-refractivity contribution in [3.8, 4) is 0 Å². The Labute approximate surface area is 171 Å². The molecule has 3 heterocycles. The second-order valence-corrected chi connectivity index (χ2v) is 7.68. The summed E-state index contributed by atoms with van der Waals surface area (Å²) in [6.45, 7) is 11.1. The van der Waals surface area contributed by atoms with Gasteiger partial charge >= 0.3 is 6.03 Å². The van der Waals surface area contributed by atoms with Gasteiger partial charge in [-0.3, -0.25) is 4.90 Å². The molecule has 7 nitrogen and oxygen atoms in total. The summed E-state index contributed by atoms with van der Waals surface area (Å²) >= 11 is 0. The first kappa shape index (κ1) is 19.4. The Bertz CT molecular complexity index is 999. The number of hydrogen-bond acceptors (Lipinski definition) is 4. The molecule has 1 saturated heterocycles. The summed E-state index contributed by atoms with van der Waals surface area (Å²) in [4.78, 5) is 26.1. The number of fused-ring (bicyclic) bond motifs is 1. The third-order valence-electron chi connectivity index (χ3n) is 5.71. The van der Waals surface area contributed by atoms with Gasteiger partial charge in [-0.05, 0) is 44.0 Å². The van der Waals surface area contributed by atoms with Crippen molar-refractivity contribution in [1.82, 2.24) is 24.3 Å². The van der Waals surface area contributed by atoms with Gasteiger partial charge in [-0.25, -0.2) is 14.8 Å². The number of hydrogen-bond donors (Lipinski definition) is 1. The van der Waals surface area contributed by atoms with Gasteiger partial charge in [0, 0.05) is 51.2 Å². The number of aromatic nitrogens is 3. The highest BCUT2D eigenvalue weighted by molar-refractivity contribution is 5.91. The van der Waals surface area contributed by atoms with Gasteiger partial charge in [0.15, 0.2) is 5.65 Å². The standard InChI is InChI=1S/C22H28N6O/c1-16-6-4-7-17(2)20(16)25-22(29)27-13-10-26(11-14-27)12-15-28-18(3)24-19-8-5-9-23-21(19)28/h4-9H,10-15H2,1-3H3,(H,25,29). The maximum atomic E-state index is 12.7. The number of carbonyl (C=O) groups is 1. The lowest BCUT2D eigenvalue weighted by atomic mass is 10.1. The van der Waals surface area contributed by atoms with Gasteiger partial charge in [-0.1, -0.05) is 18.2 Å². The molecular weight excluding hydrogens is 364 g/mol. The molecule has 1 aliphatic rings. The minimum absolute atomic E-state index is 0.0114. The van der Waals surface area contributed by atoms with Gasteiger partial charge in [-0.15, -0.1) is 0 Å². The molecule has 1 aromatic carbocycles. The molecule has 0 radical (unpaired) electrons. The zero-order valence-electron chi connectivity index (χ0n) is 17.4. The smallest absolute Gasteiger partial charge is 0.321 e. The van der Waals surface area contributed by atoms with E-state index in [1.54, 1.807) is 0 Å². The maximum absolute atomic E-state index is 12.7. The molecule has 0 bridgehead atoms. The highest BCUT2D eigenvalue weighted by atomic mass is 16.2. The molecule has 1 fully saturated rings. The van der Waals surface area contributed by atoms with E-state index in [2.05, 4.69) is 24.8 Å². The first-order valence-electron chi connectivity index (χ1n) is 10.2. The Hall–Kier alpha value is -2.93. The summed E-state index contributed by atoms with van der Waals surface area (Å²) in [5, 5.41) is 3.09. The topological polar surface area (TPSA) is 66.3 Å². The zero-order valence-corrected chi connectivity index (χ0v) is 17.4. The maximum Gasteiger partial charge on any atom is 0.321 e. The molecule has 3 aromatic rings. The summed E-state index contributed by atoms with van der Waals surface area (Å²) in [5.41, 5.74) is 4.99. The van der Waals surface area contributed by atoms with E-state index in [4.69, 9.17) is 0 Å². The Balaban J connectivity index is 1.31. The van der Waals surface area contributed by atoms with Crippen LogP contribution < -0.4 is 5.32 Å². The van der Waals surface area contributed by atoms with Crippen molar-refractivity contribution in [1.29, 1.82) is 0 Å². The number of aryl methyl sites for hydroxylation is 3. The summed E-state index contributed by atoms with van der Waals surface area (Å²) < 4.78 is 2.18. The van der Waals surface area contributed by atoms with Crippen LogP contribution in [0.2, 0.25) is 0 Å². The number of nitrogens with one attached hydrogen (secondary N) is 1. The van der Waals surface area contributed by atoms with Crippen molar-refractivity contribution in [2.24, 2.45) is 0 Å². The van der Waals surface area contributed by atoms with Crippen molar-refractivity contribution >= 4 is 22.9 Å². The van der Waals surface area contributed by atoms with E-state index in [1.165, 1.54) is 0 Å². The molecule has 1 aliphatic heterocycles. The van der Waals surface area contributed by atoms with Crippen molar-refractivity contribution in [2.75, 3.05) is 38.0 Å². The second kappa shape index (κ2) is 8.21. The number of nitrogens with zero attached hydrogens (tertiary/aromatic N) is 5. The van der Waals surface area contributed by atoms with E-state index < -0.39 is 0 Å². The lowest BCUT2D eigenvalue weighted by Crippen LogP contribution is -2.50. The molecular formula is C22H28N6O. The molecule has 0 spiro atoms. The van der Waals surface area contributed by atoms with Gasteiger partial charge in [0.2, 0.25) is 0 Å². The van der Waals surface area contributed by atoms with Crippen LogP contribution >= 0.6 is 0 Å². The Morgan fingerprint density at radius 1 is 1.00 bits per heavy atom. The number of carbonyl (C=O) groups excluding carboxylic acids is 1. The lowest BCUT2D eigenvalue weighted by Gasteiger charge is -2.35. The number of imidazole rings is 1. The molecule has 4 rings (SSSR count). The largest absolute Gasteiger partial charge is 0.322 e. The van der Waals surface area contributed by atoms with Crippen LogP contribution in [0.15, 0.2) is 36.5 Å². The predicted octanol–water partition coefficient (Wildman–Crippen LogP) is 3.21. The number of rotatable bonds is 4. The number of anilines is 1. The van der Waals surface area contributed by atoms with Gasteiger partial charge in [0.25, 0.3) is 0 Å². The Morgan fingerprint density at radius 2 is 1.72 bits per heavy atom. The Kier molecular flexibility index (Phi) is 5.49. The van der Waals surface area contributed by atoms with Crippen LogP contribution in [-0.4, -0.2) is 63.1 Å². The highest BCUT2D eigenvalue weighted by Gasteiger charge is 2.22. The molecule has 1 N–H and O–H groups in total. The number of para-hydroxylation sites is 1. The molecule has 7 heteroatoms. The average Bonchev–Trinajstić information content (AvgIpc) is 3.04. The van der Waals surface area contributed by atoms with Gasteiger partial charge in [-0.2, -0.15) is 0 Å². The van der Waals surface area contributed by atoms with Gasteiger partial charge in [0.1, 0.15) is 11.3 Å². The van der Waals surface area contributed by atoms with Crippen LogP contribution in [0.3, 0.4) is 0 Å². The first-order chi connectivity index (χ1) is 14.0. The average molecular weight is 393 g/mol. The third kappa shape index (κ3) is 4.10. The van der Waals surface area contributed by atoms with E-state index in [0.717, 1.165) is 73.1 Å². The number of urea groups is 1. The summed E-state index contributed by atoms with van der Waals surface area (Å²) in [6.07, 6.45) is 1.81. The number of pyridine rings is 1. The summed E-state index contributed by atoms with van der Waals surface area (Å²) in [6, 6.07) is 9.97. The minimum atomic E-state index is -0.0114. The fourth-order valence-electron chi connectivity index (χ4n) is 3.95. The van der Waals surface area contributed by atoms with E-state index in [0.29, 0.717) is 0 Å².